The Morgan fingerprint density at radius 1 is 1.52 bits per heavy atom. The molecule has 0 spiro atoms. The second-order valence-corrected chi connectivity index (χ2v) is 6.07. The van der Waals surface area contributed by atoms with E-state index in [1.165, 1.54) is 6.20 Å². The van der Waals surface area contributed by atoms with Gasteiger partial charge in [0.05, 0.1) is 12.2 Å². The predicted octanol–water partition coefficient (Wildman–Crippen LogP) is 2.16. The molecule has 0 aliphatic carbocycles. The van der Waals surface area contributed by atoms with Gasteiger partial charge in [-0.15, -0.1) is 0 Å². The van der Waals surface area contributed by atoms with E-state index in [9.17, 15) is 4.79 Å². The van der Waals surface area contributed by atoms with E-state index in [1.54, 1.807) is 6.07 Å². The summed E-state index contributed by atoms with van der Waals surface area (Å²) in [4.78, 5) is 20.7. The van der Waals surface area contributed by atoms with Crippen LogP contribution in [0.4, 0.5) is 0 Å². The topological polar surface area (TPSA) is 45.7 Å². The summed E-state index contributed by atoms with van der Waals surface area (Å²) in [5, 5.41) is 0.374. The highest BCUT2D eigenvalue weighted by Crippen LogP contribution is 2.25. The molecular formula is C15H22ClN3O2. The Morgan fingerprint density at radius 3 is 2.76 bits per heavy atom. The minimum Gasteiger partial charge on any atom is -0.477 e. The lowest BCUT2D eigenvalue weighted by molar-refractivity contribution is 0.0781. The molecule has 1 aliphatic rings. The maximum atomic E-state index is 12.5. The lowest BCUT2D eigenvalue weighted by atomic mass is 10.1. The van der Waals surface area contributed by atoms with Gasteiger partial charge in [-0.2, -0.15) is 0 Å². The lowest BCUT2D eigenvalue weighted by Gasteiger charge is -2.22. The Balaban J connectivity index is 2.12. The zero-order valence-corrected chi connectivity index (χ0v) is 13.7. The molecule has 2 rings (SSSR count). The second kappa shape index (κ2) is 6.62. The second-order valence-electron chi connectivity index (χ2n) is 5.66. The molecule has 1 aliphatic heterocycles. The van der Waals surface area contributed by atoms with Crippen LogP contribution in [-0.4, -0.2) is 60.5 Å². The molecule has 1 aromatic rings. The first-order valence-corrected chi connectivity index (χ1v) is 7.55. The standard InChI is InChI=1S/C15H22ClN3O2/c1-5-21-14-12(16)6-11(7-17-14)15(20)19-8-10(2)13(9-19)18(3)4/h6-7,10,13H,5,8-9H2,1-4H3/t10-,13+/m0/s1. The van der Waals surface area contributed by atoms with Gasteiger partial charge in [-0.05, 0) is 33.0 Å². The number of amides is 1. The quantitative estimate of drug-likeness (QED) is 0.855. The molecule has 2 heterocycles. The van der Waals surface area contributed by atoms with Gasteiger partial charge in [0.15, 0.2) is 0 Å². The summed E-state index contributed by atoms with van der Waals surface area (Å²) in [6, 6.07) is 2.02. The van der Waals surface area contributed by atoms with Crippen LogP contribution in [0, 0.1) is 5.92 Å². The predicted molar refractivity (Wildman–Crippen MR) is 83.0 cm³/mol. The van der Waals surface area contributed by atoms with E-state index in [2.05, 4.69) is 16.8 Å². The molecule has 5 nitrogen and oxygen atoms in total. The molecule has 116 valence electrons. The van der Waals surface area contributed by atoms with Crippen LogP contribution in [0.1, 0.15) is 24.2 Å². The molecule has 0 saturated carbocycles. The number of rotatable bonds is 4. The minimum atomic E-state index is -0.0244. The van der Waals surface area contributed by atoms with Gasteiger partial charge in [0.2, 0.25) is 5.88 Å². The van der Waals surface area contributed by atoms with Crippen LogP contribution < -0.4 is 4.74 Å². The third-order valence-electron chi connectivity index (χ3n) is 3.86. The first-order valence-electron chi connectivity index (χ1n) is 7.18. The number of aromatic nitrogens is 1. The number of ether oxygens (including phenoxy) is 1. The molecule has 0 bridgehead atoms. The van der Waals surface area contributed by atoms with Gasteiger partial charge in [0, 0.05) is 25.3 Å². The number of pyridine rings is 1. The van der Waals surface area contributed by atoms with Crippen LogP contribution in [0.5, 0.6) is 5.88 Å². The van der Waals surface area contributed by atoms with Crippen LogP contribution in [0.25, 0.3) is 0 Å². The Hall–Kier alpha value is -1.33. The smallest absolute Gasteiger partial charge is 0.255 e. The van der Waals surface area contributed by atoms with E-state index in [-0.39, 0.29) is 5.91 Å². The SMILES string of the molecule is CCOc1ncc(C(=O)N2C[C@@H](N(C)C)[C@@H](C)C2)cc1Cl. The molecule has 0 unspecified atom stereocenters. The maximum Gasteiger partial charge on any atom is 0.255 e. The number of hydrogen-bond acceptors (Lipinski definition) is 4. The normalized spacial score (nSPS) is 21.9. The first-order chi connectivity index (χ1) is 9.93. The van der Waals surface area contributed by atoms with E-state index < -0.39 is 0 Å². The highest BCUT2D eigenvalue weighted by molar-refractivity contribution is 6.32. The molecule has 0 N–H and O–H groups in total. The van der Waals surface area contributed by atoms with Crippen molar-refractivity contribution in [2.75, 3.05) is 33.8 Å². The number of hydrogen-bond donors (Lipinski definition) is 0. The summed E-state index contributed by atoms with van der Waals surface area (Å²) in [6.07, 6.45) is 1.53. The molecule has 2 atom stereocenters. The van der Waals surface area contributed by atoms with Crippen molar-refractivity contribution in [3.63, 3.8) is 0 Å². The van der Waals surface area contributed by atoms with E-state index in [0.717, 1.165) is 13.1 Å². The van der Waals surface area contributed by atoms with Gasteiger partial charge in [-0.3, -0.25) is 4.79 Å². The van der Waals surface area contributed by atoms with Gasteiger partial charge in [-0.25, -0.2) is 4.98 Å². The van der Waals surface area contributed by atoms with Crippen LogP contribution >= 0.6 is 11.6 Å². The third kappa shape index (κ3) is 3.47. The fourth-order valence-electron chi connectivity index (χ4n) is 2.76. The van der Waals surface area contributed by atoms with Crippen molar-refractivity contribution in [2.45, 2.75) is 19.9 Å². The Morgan fingerprint density at radius 2 is 2.24 bits per heavy atom. The molecular weight excluding hydrogens is 290 g/mol. The number of likely N-dealkylation sites (N-methyl/N-ethyl adjacent to an activating group) is 1. The largest absolute Gasteiger partial charge is 0.477 e. The summed E-state index contributed by atoms with van der Waals surface area (Å²) < 4.78 is 5.29. The number of nitrogens with zero attached hydrogens (tertiary/aromatic N) is 3. The van der Waals surface area contributed by atoms with Crippen molar-refractivity contribution in [1.82, 2.24) is 14.8 Å². The molecule has 1 aromatic heterocycles. The average Bonchev–Trinajstić information content (AvgIpc) is 2.82. The molecule has 1 fully saturated rings. The molecule has 21 heavy (non-hydrogen) atoms. The van der Waals surface area contributed by atoms with Crippen LogP contribution in [0.3, 0.4) is 0 Å². The van der Waals surface area contributed by atoms with E-state index in [4.69, 9.17) is 16.3 Å². The molecule has 0 aromatic carbocycles. The zero-order chi connectivity index (χ0) is 15.6. The van der Waals surface area contributed by atoms with Crippen molar-refractivity contribution < 1.29 is 9.53 Å². The summed E-state index contributed by atoms with van der Waals surface area (Å²) >= 11 is 6.10. The summed E-state index contributed by atoms with van der Waals surface area (Å²) in [7, 11) is 4.09. The molecule has 1 saturated heterocycles. The summed E-state index contributed by atoms with van der Waals surface area (Å²) in [6.45, 7) is 6.02. The van der Waals surface area contributed by atoms with Crippen LogP contribution in [0.15, 0.2) is 12.3 Å². The Bertz CT molecular complexity index is 522. The van der Waals surface area contributed by atoms with Crippen LogP contribution in [0.2, 0.25) is 5.02 Å². The van der Waals surface area contributed by atoms with Gasteiger partial charge in [0.25, 0.3) is 5.91 Å². The highest BCUT2D eigenvalue weighted by Gasteiger charge is 2.34. The van der Waals surface area contributed by atoms with Gasteiger partial charge < -0.3 is 14.5 Å². The fraction of sp³-hybridized carbons (Fsp3) is 0.600. The van der Waals surface area contributed by atoms with Crippen molar-refractivity contribution in [3.8, 4) is 5.88 Å². The van der Waals surface area contributed by atoms with Crippen molar-refractivity contribution in [2.24, 2.45) is 5.92 Å². The summed E-state index contributed by atoms with van der Waals surface area (Å²) in [5.41, 5.74) is 0.509. The highest BCUT2D eigenvalue weighted by atomic mass is 35.5. The van der Waals surface area contributed by atoms with Crippen molar-refractivity contribution in [3.05, 3.63) is 22.8 Å². The molecule has 6 heteroatoms. The minimum absolute atomic E-state index is 0.0244. The fourth-order valence-corrected chi connectivity index (χ4v) is 2.98. The Kier molecular flexibility index (Phi) is 5.06. The van der Waals surface area contributed by atoms with E-state index >= 15 is 0 Å². The van der Waals surface area contributed by atoms with E-state index in [1.807, 2.05) is 25.9 Å². The van der Waals surface area contributed by atoms with Gasteiger partial charge in [-0.1, -0.05) is 18.5 Å². The summed E-state index contributed by atoms with van der Waals surface area (Å²) in [5.74, 6) is 0.801. The third-order valence-corrected chi connectivity index (χ3v) is 4.13. The monoisotopic (exact) mass is 311 g/mol. The lowest BCUT2D eigenvalue weighted by Crippen LogP contribution is -2.35. The van der Waals surface area contributed by atoms with Crippen molar-refractivity contribution >= 4 is 17.5 Å². The maximum absolute atomic E-state index is 12.5. The zero-order valence-electron chi connectivity index (χ0n) is 13.0. The number of carbonyl (C=O) groups excluding carboxylic acids is 1. The van der Waals surface area contributed by atoms with Crippen LogP contribution in [-0.2, 0) is 0 Å². The first kappa shape index (κ1) is 16.0. The number of carbonyl (C=O) groups is 1. The van der Waals surface area contributed by atoms with E-state index in [0.29, 0.717) is 35.0 Å². The van der Waals surface area contributed by atoms with Gasteiger partial charge >= 0.3 is 0 Å². The van der Waals surface area contributed by atoms with Crippen molar-refractivity contribution in [1.29, 1.82) is 0 Å². The van der Waals surface area contributed by atoms with Gasteiger partial charge in [0.1, 0.15) is 5.02 Å². The Labute approximate surface area is 130 Å². The average molecular weight is 312 g/mol. The molecule has 0 radical (unpaired) electrons. The molecule has 1 amide bonds. The number of halogens is 1. The number of likely N-dealkylation sites (tertiary alicyclic amines) is 1.